The monoisotopic (exact) mass is 388 g/mol. The predicted octanol–water partition coefficient (Wildman–Crippen LogP) is 5.24. The molecule has 0 spiro atoms. The van der Waals surface area contributed by atoms with Crippen molar-refractivity contribution in [1.29, 1.82) is 0 Å². The van der Waals surface area contributed by atoms with Gasteiger partial charge in [-0.15, -0.1) is 0 Å². The third-order valence-corrected chi connectivity index (χ3v) is 4.21. The molecular formula is C22H19F3O3. The van der Waals surface area contributed by atoms with Gasteiger partial charge in [-0.1, -0.05) is 30.3 Å². The molecular weight excluding hydrogens is 369 g/mol. The average Bonchev–Trinajstić information content (AvgIpc) is 2.71. The fourth-order valence-electron chi connectivity index (χ4n) is 2.71. The number of aliphatic hydroxyl groups is 1. The molecule has 0 aromatic heterocycles. The second-order valence-corrected chi connectivity index (χ2v) is 6.07. The summed E-state index contributed by atoms with van der Waals surface area (Å²) in [6.07, 6.45) is 0. The van der Waals surface area contributed by atoms with Gasteiger partial charge in [0.05, 0.1) is 13.2 Å². The van der Waals surface area contributed by atoms with Crippen LogP contribution in [-0.2, 0) is 13.2 Å². The maximum Gasteiger partial charge on any atom is 0.200 e. The van der Waals surface area contributed by atoms with Crippen LogP contribution in [0.1, 0.15) is 18.1 Å². The first kappa shape index (κ1) is 19.8. The zero-order valence-corrected chi connectivity index (χ0v) is 15.2. The van der Waals surface area contributed by atoms with Crippen LogP contribution in [0.25, 0.3) is 11.1 Å². The van der Waals surface area contributed by atoms with Crippen molar-refractivity contribution in [2.45, 2.75) is 20.1 Å². The third kappa shape index (κ3) is 4.28. The van der Waals surface area contributed by atoms with Crippen LogP contribution in [-0.4, -0.2) is 11.7 Å². The van der Waals surface area contributed by atoms with Gasteiger partial charge < -0.3 is 14.6 Å². The van der Waals surface area contributed by atoms with Crippen LogP contribution in [0.3, 0.4) is 0 Å². The lowest BCUT2D eigenvalue weighted by atomic mass is 10.0. The summed E-state index contributed by atoms with van der Waals surface area (Å²) in [5.41, 5.74) is 2.11. The molecule has 0 aliphatic rings. The summed E-state index contributed by atoms with van der Waals surface area (Å²) in [7, 11) is 0. The molecule has 3 aromatic carbocycles. The van der Waals surface area contributed by atoms with Gasteiger partial charge in [0.1, 0.15) is 6.61 Å². The van der Waals surface area contributed by atoms with Crippen molar-refractivity contribution < 1.29 is 27.8 Å². The van der Waals surface area contributed by atoms with Crippen LogP contribution in [0.5, 0.6) is 11.5 Å². The Morgan fingerprint density at radius 3 is 2.11 bits per heavy atom. The summed E-state index contributed by atoms with van der Waals surface area (Å²) in [4.78, 5) is 0. The molecule has 0 heterocycles. The number of hydrogen-bond donors (Lipinski definition) is 1. The van der Waals surface area contributed by atoms with E-state index in [2.05, 4.69) is 0 Å². The Balaban J connectivity index is 1.70. The molecule has 0 aliphatic carbocycles. The highest BCUT2D eigenvalue weighted by Crippen LogP contribution is 2.27. The van der Waals surface area contributed by atoms with Gasteiger partial charge in [-0.05, 0) is 47.9 Å². The Labute approximate surface area is 161 Å². The minimum Gasteiger partial charge on any atom is -0.491 e. The van der Waals surface area contributed by atoms with Gasteiger partial charge in [0, 0.05) is 5.56 Å². The lowest BCUT2D eigenvalue weighted by Gasteiger charge is -2.10. The number of ether oxygens (including phenoxy) is 2. The number of rotatable bonds is 7. The Hall–Kier alpha value is -2.99. The molecule has 1 N–H and O–H groups in total. The number of halogens is 3. The van der Waals surface area contributed by atoms with E-state index in [1.807, 2.05) is 0 Å². The molecule has 3 nitrogen and oxygen atoms in total. The van der Waals surface area contributed by atoms with E-state index in [4.69, 9.17) is 14.6 Å². The molecule has 0 bridgehead atoms. The summed E-state index contributed by atoms with van der Waals surface area (Å²) in [5, 5.41) is 8.94. The van der Waals surface area contributed by atoms with Gasteiger partial charge in [0.2, 0.25) is 5.82 Å². The van der Waals surface area contributed by atoms with Crippen molar-refractivity contribution in [3.8, 4) is 22.6 Å². The van der Waals surface area contributed by atoms with Crippen LogP contribution in [0, 0.1) is 17.5 Å². The largest absolute Gasteiger partial charge is 0.491 e. The zero-order valence-electron chi connectivity index (χ0n) is 15.2. The van der Waals surface area contributed by atoms with Gasteiger partial charge in [0.15, 0.2) is 23.1 Å². The van der Waals surface area contributed by atoms with Crippen molar-refractivity contribution in [2.75, 3.05) is 6.61 Å². The Kier molecular flexibility index (Phi) is 6.21. The van der Waals surface area contributed by atoms with Crippen LogP contribution in [0.4, 0.5) is 13.2 Å². The SMILES string of the molecule is CCOc1ccc(-c2ccc(COc3ccc(CO)c(F)c3F)cc2)cc1F. The maximum atomic E-state index is 14.0. The van der Waals surface area contributed by atoms with Crippen LogP contribution < -0.4 is 9.47 Å². The highest BCUT2D eigenvalue weighted by molar-refractivity contribution is 5.64. The standard InChI is InChI=1S/C22H19F3O3/c1-2-27-19-9-7-16(11-18(19)23)15-5-3-14(4-6-15)13-28-20-10-8-17(12-26)21(24)22(20)25/h3-11,26H,2,12-13H2,1H3. The molecule has 6 heteroatoms. The van der Waals surface area contributed by atoms with Crippen molar-refractivity contribution in [3.05, 3.63) is 83.2 Å². The van der Waals surface area contributed by atoms with Crippen LogP contribution in [0.2, 0.25) is 0 Å². The van der Waals surface area contributed by atoms with Gasteiger partial charge in [-0.2, -0.15) is 4.39 Å². The third-order valence-electron chi connectivity index (χ3n) is 4.21. The van der Waals surface area contributed by atoms with E-state index in [0.717, 1.165) is 11.1 Å². The molecule has 3 rings (SSSR count). The molecule has 0 saturated carbocycles. The van der Waals surface area contributed by atoms with E-state index in [0.29, 0.717) is 12.2 Å². The van der Waals surface area contributed by atoms with E-state index >= 15 is 0 Å². The molecule has 0 unspecified atom stereocenters. The quantitative estimate of drug-likeness (QED) is 0.602. The summed E-state index contributed by atoms with van der Waals surface area (Å²) in [5.74, 6) is -2.71. The molecule has 0 fully saturated rings. The van der Waals surface area contributed by atoms with Gasteiger partial charge in [0.25, 0.3) is 0 Å². The smallest absolute Gasteiger partial charge is 0.200 e. The number of aliphatic hydroxyl groups excluding tert-OH is 1. The van der Waals surface area contributed by atoms with Crippen LogP contribution in [0.15, 0.2) is 54.6 Å². The van der Waals surface area contributed by atoms with E-state index in [9.17, 15) is 13.2 Å². The lowest BCUT2D eigenvalue weighted by Crippen LogP contribution is -2.01. The zero-order chi connectivity index (χ0) is 20.1. The van der Waals surface area contributed by atoms with Gasteiger partial charge in [-0.3, -0.25) is 0 Å². The maximum absolute atomic E-state index is 14.0. The topological polar surface area (TPSA) is 38.7 Å². The first-order valence-corrected chi connectivity index (χ1v) is 8.75. The van der Waals surface area contributed by atoms with Crippen molar-refractivity contribution in [2.24, 2.45) is 0 Å². The van der Waals surface area contributed by atoms with E-state index in [-0.39, 0.29) is 23.7 Å². The van der Waals surface area contributed by atoms with E-state index in [1.54, 1.807) is 43.3 Å². The number of hydrogen-bond acceptors (Lipinski definition) is 3. The minimum absolute atomic E-state index is 0.0345. The van der Waals surface area contributed by atoms with E-state index in [1.165, 1.54) is 18.2 Å². The number of benzene rings is 3. The van der Waals surface area contributed by atoms with Crippen molar-refractivity contribution in [3.63, 3.8) is 0 Å². The molecule has 0 saturated heterocycles. The summed E-state index contributed by atoms with van der Waals surface area (Å²) in [6.45, 7) is 1.62. The van der Waals surface area contributed by atoms with Gasteiger partial charge in [-0.25, -0.2) is 8.78 Å². The first-order chi connectivity index (χ1) is 13.5. The Bertz CT molecular complexity index is 956. The summed E-state index contributed by atoms with van der Waals surface area (Å²) < 4.78 is 52.1. The normalized spacial score (nSPS) is 10.8. The molecule has 0 radical (unpaired) electrons. The average molecular weight is 388 g/mol. The molecule has 0 amide bonds. The second-order valence-electron chi connectivity index (χ2n) is 6.07. The van der Waals surface area contributed by atoms with Crippen LogP contribution >= 0.6 is 0 Å². The fourth-order valence-corrected chi connectivity index (χ4v) is 2.71. The molecule has 3 aromatic rings. The van der Waals surface area contributed by atoms with Crippen molar-refractivity contribution in [1.82, 2.24) is 0 Å². The molecule has 146 valence electrons. The fraction of sp³-hybridized carbons (Fsp3) is 0.182. The summed E-state index contributed by atoms with van der Waals surface area (Å²) >= 11 is 0. The lowest BCUT2D eigenvalue weighted by molar-refractivity contribution is 0.264. The minimum atomic E-state index is -1.13. The Morgan fingerprint density at radius 2 is 1.46 bits per heavy atom. The van der Waals surface area contributed by atoms with E-state index < -0.39 is 24.1 Å². The molecule has 0 atom stereocenters. The molecule has 28 heavy (non-hydrogen) atoms. The van der Waals surface area contributed by atoms with Crippen molar-refractivity contribution >= 4 is 0 Å². The first-order valence-electron chi connectivity index (χ1n) is 8.75. The van der Waals surface area contributed by atoms with Gasteiger partial charge >= 0.3 is 0 Å². The molecule has 0 aliphatic heterocycles. The highest BCUT2D eigenvalue weighted by atomic mass is 19.2. The second kappa shape index (κ2) is 8.80. The summed E-state index contributed by atoms with van der Waals surface area (Å²) in [6, 6.07) is 14.4. The Morgan fingerprint density at radius 1 is 0.786 bits per heavy atom. The highest BCUT2D eigenvalue weighted by Gasteiger charge is 2.14. The predicted molar refractivity (Wildman–Crippen MR) is 99.6 cm³/mol.